The minimum atomic E-state index is -0.367. The van der Waals surface area contributed by atoms with E-state index in [9.17, 15) is 9.59 Å². The molecule has 2 aromatic rings. The van der Waals surface area contributed by atoms with Crippen LogP contribution < -0.4 is 5.32 Å². The number of aryl methyl sites for hydroxylation is 1. The number of piperidine rings is 1. The molecule has 0 aliphatic carbocycles. The van der Waals surface area contributed by atoms with Crippen LogP contribution in [0.2, 0.25) is 20.2 Å². The minimum Gasteiger partial charge on any atom is -0.349 e. The fraction of sp³-hybridized carbons (Fsp3) is 0.316. The number of rotatable bonds is 3. The monoisotopic (exact) mass is 459 g/mol. The first-order chi connectivity index (χ1) is 13.3. The molecular weight excluding hydrogens is 444 g/mol. The third kappa shape index (κ3) is 4.38. The van der Waals surface area contributed by atoms with Crippen molar-refractivity contribution in [3.05, 3.63) is 61.3 Å². The lowest BCUT2D eigenvalue weighted by molar-refractivity contribution is 0.0692. The summed E-state index contributed by atoms with van der Waals surface area (Å²) in [5.41, 5.74) is 1.55. The molecule has 0 bridgehead atoms. The zero-order chi connectivity index (χ0) is 20.4. The molecule has 2 heterocycles. The van der Waals surface area contributed by atoms with Crippen LogP contribution in [-0.4, -0.2) is 40.8 Å². The smallest absolute Gasteiger partial charge is 0.274 e. The Bertz CT molecular complexity index is 928. The van der Waals surface area contributed by atoms with E-state index in [0.29, 0.717) is 31.5 Å². The highest BCUT2D eigenvalue weighted by Gasteiger charge is 2.29. The van der Waals surface area contributed by atoms with E-state index in [2.05, 4.69) is 10.3 Å². The summed E-state index contributed by atoms with van der Waals surface area (Å²) in [7, 11) is 0. The summed E-state index contributed by atoms with van der Waals surface area (Å²) in [4.78, 5) is 30.8. The number of benzene rings is 1. The van der Waals surface area contributed by atoms with Crippen molar-refractivity contribution in [2.45, 2.75) is 25.8 Å². The van der Waals surface area contributed by atoms with Crippen molar-refractivity contribution < 1.29 is 9.59 Å². The Kier molecular flexibility index (Phi) is 6.71. The Morgan fingerprint density at radius 2 is 1.68 bits per heavy atom. The Morgan fingerprint density at radius 1 is 1.04 bits per heavy atom. The Labute approximate surface area is 182 Å². The van der Waals surface area contributed by atoms with E-state index >= 15 is 0 Å². The number of carbonyl (C=O) groups is 2. The second-order valence-electron chi connectivity index (χ2n) is 6.55. The van der Waals surface area contributed by atoms with Crippen molar-refractivity contribution in [2.24, 2.45) is 0 Å². The van der Waals surface area contributed by atoms with Crippen LogP contribution in [0.4, 0.5) is 0 Å². The van der Waals surface area contributed by atoms with Crippen LogP contribution in [0.1, 0.15) is 39.3 Å². The number of likely N-dealkylation sites (tertiary alicyclic amines) is 1. The fourth-order valence-corrected chi connectivity index (χ4v) is 3.91. The van der Waals surface area contributed by atoms with Crippen molar-refractivity contribution in [3.8, 4) is 0 Å². The molecule has 148 valence electrons. The lowest BCUT2D eigenvalue weighted by atomic mass is 10.0. The lowest BCUT2D eigenvalue weighted by Gasteiger charge is -2.32. The molecule has 1 N–H and O–H groups in total. The number of aromatic nitrogens is 1. The number of hydrogen-bond donors (Lipinski definition) is 1. The number of hydrogen-bond acceptors (Lipinski definition) is 3. The van der Waals surface area contributed by atoms with Gasteiger partial charge in [-0.15, -0.1) is 0 Å². The minimum absolute atomic E-state index is 0.00654. The maximum atomic E-state index is 12.8. The van der Waals surface area contributed by atoms with Crippen LogP contribution in [0, 0.1) is 6.92 Å². The van der Waals surface area contributed by atoms with E-state index in [-0.39, 0.29) is 43.8 Å². The van der Waals surface area contributed by atoms with Crippen LogP contribution in [-0.2, 0) is 0 Å². The van der Waals surface area contributed by atoms with Gasteiger partial charge in [-0.1, -0.05) is 64.6 Å². The summed E-state index contributed by atoms with van der Waals surface area (Å²) in [5, 5.41) is 2.97. The molecule has 0 spiro atoms. The molecule has 28 heavy (non-hydrogen) atoms. The molecule has 1 aliphatic rings. The molecule has 3 rings (SSSR count). The van der Waals surface area contributed by atoms with Gasteiger partial charge in [-0.25, -0.2) is 4.98 Å². The molecule has 1 saturated heterocycles. The third-order valence-electron chi connectivity index (χ3n) is 4.69. The van der Waals surface area contributed by atoms with Crippen molar-refractivity contribution >= 4 is 58.2 Å². The van der Waals surface area contributed by atoms with Crippen LogP contribution in [0.5, 0.6) is 0 Å². The number of carbonyl (C=O) groups excluding carboxylic acids is 2. The van der Waals surface area contributed by atoms with E-state index in [1.807, 2.05) is 25.1 Å². The van der Waals surface area contributed by atoms with Crippen molar-refractivity contribution in [2.75, 3.05) is 13.1 Å². The fourth-order valence-electron chi connectivity index (χ4n) is 3.10. The zero-order valence-corrected chi connectivity index (χ0v) is 18.0. The van der Waals surface area contributed by atoms with Crippen molar-refractivity contribution in [1.29, 1.82) is 0 Å². The summed E-state index contributed by atoms with van der Waals surface area (Å²) in [6, 6.07) is 7.41. The van der Waals surface area contributed by atoms with Gasteiger partial charge in [0.1, 0.15) is 10.8 Å². The predicted octanol–water partition coefficient (Wildman–Crippen LogP) is 5.04. The standard InChI is InChI=1S/C19H17Cl4N3O2/c1-10-4-2-3-5-12(10)18(27)24-11-6-8-26(9-7-11)19(28)16-14(21)13(20)15(22)17(23)25-16/h2-5,11H,6-9H2,1H3,(H,24,27). The van der Waals surface area contributed by atoms with E-state index in [4.69, 9.17) is 46.4 Å². The van der Waals surface area contributed by atoms with Gasteiger partial charge >= 0.3 is 0 Å². The lowest BCUT2D eigenvalue weighted by Crippen LogP contribution is -2.46. The SMILES string of the molecule is Cc1ccccc1C(=O)NC1CCN(C(=O)c2nc(Cl)c(Cl)c(Cl)c2Cl)CC1. The number of amides is 2. The van der Waals surface area contributed by atoms with Gasteiger partial charge < -0.3 is 10.2 Å². The maximum absolute atomic E-state index is 12.8. The first kappa shape index (κ1) is 21.2. The summed E-state index contributed by atoms with van der Waals surface area (Å²) >= 11 is 24.0. The van der Waals surface area contributed by atoms with Crippen LogP contribution in [0.25, 0.3) is 0 Å². The highest BCUT2D eigenvalue weighted by molar-refractivity contribution is 6.52. The van der Waals surface area contributed by atoms with Gasteiger partial charge in [0.15, 0.2) is 0 Å². The van der Waals surface area contributed by atoms with Gasteiger partial charge in [0.25, 0.3) is 11.8 Å². The van der Waals surface area contributed by atoms with E-state index in [0.717, 1.165) is 5.56 Å². The van der Waals surface area contributed by atoms with E-state index in [1.165, 1.54) is 0 Å². The predicted molar refractivity (Wildman–Crippen MR) is 112 cm³/mol. The molecular formula is C19H17Cl4N3O2. The average molecular weight is 461 g/mol. The van der Waals surface area contributed by atoms with Crippen molar-refractivity contribution in [3.63, 3.8) is 0 Å². The summed E-state index contributed by atoms with van der Waals surface area (Å²) < 4.78 is 0. The normalized spacial score (nSPS) is 14.8. The summed E-state index contributed by atoms with van der Waals surface area (Å²) in [6.07, 6.45) is 1.24. The molecule has 1 aromatic heterocycles. The van der Waals surface area contributed by atoms with Gasteiger partial charge in [-0.3, -0.25) is 9.59 Å². The first-order valence-electron chi connectivity index (χ1n) is 8.65. The third-order valence-corrected chi connectivity index (χ3v) is 6.37. The topological polar surface area (TPSA) is 62.3 Å². The van der Waals surface area contributed by atoms with Gasteiger partial charge in [0.2, 0.25) is 0 Å². The van der Waals surface area contributed by atoms with Crippen molar-refractivity contribution in [1.82, 2.24) is 15.2 Å². The molecule has 2 amide bonds. The highest BCUT2D eigenvalue weighted by atomic mass is 35.5. The molecule has 1 fully saturated rings. The number of nitrogens with zero attached hydrogens (tertiary/aromatic N) is 2. The van der Waals surface area contributed by atoms with Gasteiger partial charge in [-0.2, -0.15) is 0 Å². The number of pyridine rings is 1. The molecule has 0 saturated carbocycles. The summed E-state index contributed by atoms with van der Waals surface area (Å²) in [6.45, 7) is 2.80. The quantitative estimate of drug-likeness (QED) is 0.652. The average Bonchev–Trinajstić information content (AvgIpc) is 2.69. The molecule has 9 heteroatoms. The van der Waals surface area contributed by atoms with Crippen LogP contribution in [0.3, 0.4) is 0 Å². The highest BCUT2D eigenvalue weighted by Crippen LogP contribution is 2.36. The van der Waals surface area contributed by atoms with Gasteiger partial charge in [0.05, 0.1) is 15.1 Å². The molecule has 0 unspecified atom stereocenters. The van der Waals surface area contributed by atoms with Gasteiger partial charge in [-0.05, 0) is 31.4 Å². The first-order valence-corrected chi connectivity index (χ1v) is 10.2. The zero-order valence-electron chi connectivity index (χ0n) is 14.9. The molecule has 0 atom stereocenters. The Balaban J connectivity index is 1.64. The number of halogens is 4. The molecule has 1 aliphatic heterocycles. The maximum Gasteiger partial charge on any atom is 0.274 e. The van der Waals surface area contributed by atoms with E-state index in [1.54, 1.807) is 11.0 Å². The second-order valence-corrected chi connectivity index (χ2v) is 8.04. The molecule has 5 nitrogen and oxygen atoms in total. The number of nitrogens with one attached hydrogen (secondary N) is 1. The molecule has 1 aromatic carbocycles. The largest absolute Gasteiger partial charge is 0.349 e. The van der Waals surface area contributed by atoms with Crippen LogP contribution in [0.15, 0.2) is 24.3 Å². The van der Waals surface area contributed by atoms with Crippen LogP contribution >= 0.6 is 46.4 Å². The van der Waals surface area contributed by atoms with Gasteiger partial charge in [0, 0.05) is 24.7 Å². The molecule has 0 radical (unpaired) electrons. The second kappa shape index (κ2) is 8.87. The summed E-state index contributed by atoms with van der Waals surface area (Å²) in [5.74, 6) is -0.474. The van der Waals surface area contributed by atoms with E-state index < -0.39 is 0 Å². The Hall–Kier alpha value is -1.53. The Morgan fingerprint density at radius 3 is 2.32 bits per heavy atom.